The molecule has 122 valence electrons. The van der Waals surface area contributed by atoms with E-state index >= 15 is 0 Å². The van der Waals surface area contributed by atoms with Gasteiger partial charge in [-0.15, -0.1) is 0 Å². The van der Waals surface area contributed by atoms with Crippen LogP contribution in [0.5, 0.6) is 0 Å². The van der Waals surface area contributed by atoms with Crippen LogP contribution in [0.3, 0.4) is 0 Å². The number of hydrogen-bond donors (Lipinski definition) is 1. The van der Waals surface area contributed by atoms with Gasteiger partial charge in [-0.2, -0.15) is 0 Å². The molecular formula is C17H20ClN3O2. The minimum Gasteiger partial charge on any atom is -0.395 e. The van der Waals surface area contributed by atoms with E-state index in [4.69, 9.17) is 11.6 Å². The molecule has 0 spiro atoms. The van der Waals surface area contributed by atoms with Crippen molar-refractivity contribution in [1.29, 1.82) is 0 Å². The first-order valence-corrected chi connectivity index (χ1v) is 7.87. The van der Waals surface area contributed by atoms with Gasteiger partial charge in [-0.1, -0.05) is 55.8 Å². The van der Waals surface area contributed by atoms with Crippen LogP contribution in [0.1, 0.15) is 41.6 Å². The topological polar surface area (TPSA) is 66.3 Å². The van der Waals surface area contributed by atoms with Crippen molar-refractivity contribution in [1.82, 2.24) is 14.9 Å². The fourth-order valence-electron chi connectivity index (χ4n) is 2.14. The van der Waals surface area contributed by atoms with Crippen molar-refractivity contribution in [2.75, 3.05) is 13.2 Å². The molecule has 5 nitrogen and oxygen atoms in total. The molecule has 0 saturated heterocycles. The Morgan fingerprint density at radius 3 is 2.61 bits per heavy atom. The Balaban J connectivity index is 2.28. The molecule has 0 radical (unpaired) electrons. The monoisotopic (exact) mass is 333 g/mol. The van der Waals surface area contributed by atoms with E-state index in [1.54, 1.807) is 0 Å². The number of carbonyl (C=O) groups is 1. The van der Waals surface area contributed by atoms with Crippen LogP contribution >= 0.6 is 11.6 Å². The van der Waals surface area contributed by atoms with Crippen molar-refractivity contribution in [2.45, 2.75) is 26.3 Å². The Hall–Kier alpha value is -1.98. The molecule has 0 aliphatic rings. The second-order valence-electron chi connectivity index (χ2n) is 5.52. The molecule has 2 rings (SSSR count). The molecule has 0 unspecified atom stereocenters. The molecule has 0 saturated carbocycles. The largest absolute Gasteiger partial charge is 0.395 e. The lowest BCUT2D eigenvalue weighted by Gasteiger charge is -2.22. The third-order valence-corrected chi connectivity index (χ3v) is 3.63. The van der Waals surface area contributed by atoms with E-state index < -0.39 is 0 Å². The molecule has 1 N–H and O–H groups in total. The Bertz CT molecular complexity index is 662. The lowest BCUT2D eigenvalue weighted by molar-refractivity contribution is 0.0701. The number of benzene rings is 1. The summed E-state index contributed by atoms with van der Waals surface area (Å²) < 4.78 is 0. The van der Waals surface area contributed by atoms with E-state index in [9.17, 15) is 9.90 Å². The smallest absolute Gasteiger partial charge is 0.274 e. The number of aliphatic hydroxyl groups is 1. The zero-order valence-corrected chi connectivity index (χ0v) is 14.0. The highest BCUT2D eigenvalue weighted by Crippen LogP contribution is 2.19. The van der Waals surface area contributed by atoms with Gasteiger partial charge in [0.2, 0.25) is 0 Å². The van der Waals surface area contributed by atoms with Crippen molar-refractivity contribution < 1.29 is 9.90 Å². The predicted octanol–water partition coefficient (Wildman–Crippen LogP) is 2.89. The van der Waals surface area contributed by atoms with Crippen molar-refractivity contribution in [2.24, 2.45) is 0 Å². The minimum absolute atomic E-state index is 0.0965. The number of halogens is 1. The number of nitrogens with zero attached hydrogens (tertiary/aromatic N) is 3. The van der Waals surface area contributed by atoms with E-state index in [-0.39, 0.29) is 35.7 Å². The van der Waals surface area contributed by atoms with E-state index in [0.29, 0.717) is 12.4 Å². The molecule has 1 aromatic carbocycles. The Morgan fingerprint density at radius 1 is 1.30 bits per heavy atom. The first-order chi connectivity index (χ1) is 11.0. The van der Waals surface area contributed by atoms with Crippen LogP contribution in [-0.4, -0.2) is 39.0 Å². The molecule has 0 fully saturated rings. The summed E-state index contributed by atoms with van der Waals surface area (Å²) in [7, 11) is 0. The molecular weight excluding hydrogens is 314 g/mol. The van der Waals surface area contributed by atoms with Gasteiger partial charge >= 0.3 is 0 Å². The number of aliphatic hydroxyl groups excluding tert-OH is 1. The van der Waals surface area contributed by atoms with Crippen LogP contribution in [0.2, 0.25) is 5.02 Å². The van der Waals surface area contributed by atoms with Crippen LogP contribution in [0.15, 0.2) is 36.5 Å². The zero-order chi connectivity index (χ0) is 16.8. The van der Waals surface area contributed by atoms with Gasteiger partial charge in [0, 0.05) is 19.0 Å². The van der Waals surface area contributed by atoms with Crippen molar-refractivity contribution in [3.8, 4) is 0 Å². The van der Waals surface area contributed by atoms with E-state index in [1.807, 2.05) is 44.2 Å². The number of aromatic nitrogens is 2. The van der Waals surface area contributed by atoms with E-state index in [0.717, 1.165) is 5.56 Å². The SMILES string of the molecule is CC(C)c1ncc(Cl)c(C(=O)N(CCO)Cc2ccccc2)n1. The Morgan fingerprint density at radius 2 is 2.00 bits per heavy atom. The first kappa shape index (κ1) is 17.4. The summed E-state index contributed by atoms with van der Waals surface area (Å²) in [4.78, 5) is 22.8. The summed E-state index contributed by atoms with van der Waals surface area (Å²) in [6.07, 6.45) is 1.46. The Labute approximate surface area is 141 Å². The van der Waals surface area contributed by atoms with Gasteiger partial charge < -0.3 is 10.0 Å². The van der Waals surface area contributed by atoms with Crippen molar-refractivity contribution >= 4 is 17.5 Å². The maximum atomic E-state index is 12.8. The molecule has 0 aliphatic carbocycles. The average molecular weight is 334 g/mol. The van der Waals surface area contributed by atoms with Gasteiger partial charge in [0.15, 0.2) is 5.69 Å². The van der Waals surface area contributed by atoms with Crippen LogP contribution in [-0.2, 0) is 6.54 Å². The summed E-state index contributed by atoms with van der Waals surface area (Å²) in [5.41, 5.74) is 1.15. The maximum Gasteiger partial charge on any atom is 0.274 e. The van der Waals surface area contributed by atoms with E-state index in [1.165, 1.54) is 11.1 Å². The molecule has 1 aromatic heterocycles. The summed E-state index contributed by atoms with van der Waals surface area (Å²) in [5.74, 6) is 0.359. The summed E-state index contributed by atoms with van der Waals surface area (Å²) >= 11 is 6.11. The third kappa shape index (κ3) is 4.50. The molecule has 0 atom stereocenters. The minimum atomic E-state index is -0.308. The summed E-state index contributed by atoms with van der Waals surface area (Å²) in [6, 6.07) is 9.59. The highest BCUT2D eigenvalue weighted by atomic mass is 35.5. The molecule has 1 heterocycles. The van der Waals surface area contributed by atoms with Gasteiger partial charge in [-0.25, -0.2) is 9.97 Å². The molecule has 6 heteroatoms. The first-order valence-electron chi connectivity index (χ1n) is 7.49. The lowest BCUT2D eigenvalue weighted by Crippen LogP contribution is -2.34. The van der Waals surface area contributed by atoms with Crippen LogP contribution in [0, 0.1) is 0 Å². The fraction of sp³-hybridized carbons (Fsp3) is 0.353. The number of rotatable bonds is 6. The van der Waals surface area contributed by atoms with Crippen molar-refractivity contribution in [3.63, 3.8) is 0 Å². The second kappa shape index (κ2) is 8.04. The third-order valence-electron chi connectivity index (χ3n) is 3.36. The van der Waals surface area contributed by atoms with Gasteiger partial charge in [0.25, 0.3) is 5.91 Å². The molecule has 1 amide bonds. The fourth-order valence-corrected chi connectivity index (χ4v) is 2.31. The highest BCUT2D eigenvalue weighted by molar-refractivity contribution is 6.33. The lowest BCUT2D eigenvalue weighted by atomic mass is 10.2. The van der Waals surface area contributed by atoms with Gasteiger partial charge in [0.1, 0.15) is 5.82 Å². The van der Waals surface area contributed by atoms with Crippen LogP contribution in [0.4, 0.5) is 0 Å². The predicted molar refractivity (Wildman–Crippen MR) is 89.4 cm³/mol. The quantitative estimate of drug-likeness (QED) is 0.882. The van der Waals surface area contributed by atoms with Gasteiger partial charge in [-0.05, 0) is 5.56 Å². The Kier molecular flexibility index (Phi) is 6.07. The average Bonchev–Trinajstić information content (AvgIpc) is 2.55. The van der Waals surface area contributed by atoms with Gasteiger partial charge in [-0.3, -0.25) is 4.79 Å². The number of hydrogen-bond acceptors (Lipinski definition) is 4. The van der Waals surface area contributed by atoms with Gasteiger partial charge in [0.05, 0.1) is 17.8 Å². The van der Waals surface area contributed by atoms with E-state index in [2.05, 4.69) is 9.97 Å². The summed E-state index contributed by atoms with van der Waals surface area (Å²) in [5, 5.41) is 9.48. The van der Waals surface area contributed by atoms with Crippen LogP contribution < -0.4 is 0 Å². The standard InChI is InChI=1S/C17H20ClN3O2/c1-12(2)16-19-10-14(18)15(20-16)17(23)21(8-9-22)11-13-6-4-3-5-7-13/h3-7,10,12,22H,8-9,11H2,1-2H3. The summed E-state index contributed by atoms with van der Waals surface area (Å²) in [6.45, 7) is 4.38. The van der Waals surface area contributed by atoms with Crippen molar-refractivity contribution in [3.05, 3.63) is 58.6 Å². The normalized spacial score (nSPS) is 10.8. The molecule has 23 heavy (non-hydrogen) atoms. The molecule has 2 aromatic rings. The zero-order valence-electron chi connectivity index (χ0n) is 13.2. The second-order valence-corrected chi connectivity index (χ2v) is 5.92. The number of amides is 1. The maximum absolute atomic E-state index is 12.8. The highest BCUT2D eigenvalue weighted by Gasteiger charge is 2.21. The molecule has 0 aliphatic heterocycles. The molecule has 0 bridgehead atoms. The van der Waals surface area contributed by atoms with Crippen LogP contribution in [0.25, 0.3) is 0 Å². The number of carbonyl (C=O) groups excluding carboxylic acids is 1.